The number of nitrogens with one attached hydrogen (secondary N) is 1. The van der Waals surface area contributed by atoms with Gasteiger partial charge in [0, 0.05) is 29.4 Å². The van der Waals surface area contributed by atoms with E-state index < -0.39 is 0 Å². The van der Waals surface area contributed by atoms with Gasteiger partial charge in [0.05, 0.1) is 13.2 Å². The molecule has 1 aliphatic carbocycles. The second-order valence-electron chi connectivity index (χ2n) is 8.59. The van der Waals surface area contributed by atoms with Crippen LogP contribution in [0.5, 0.6) is 11.5 Å². The topological polar surface area (TPSA) is 61.8 Å². The number of nitrogens with zero attached hydrogens (tertiary/aromatic N) is 1. The summed E-state index contributed by atoms with van der Waals surface area (Å²) in [5.74, 6) is 1.15. The molecule has 0 saturated carbocycles. The first-order valence-corrected chi connectivity index (χ1v) is 11.4. The number of carbonyl (C=O) groups excluding carboxylic acids is 1. The molecule has 5 rings (SSSR count). The summed E-state index contributed by atoms with van der Waals surface area (Å²) in [4.78, 5) is 15.2. The molecule has 3 atom stereocenters. The highest BCUT2D eigenvalue weighted by Crippen LogP contribution is 2.50. The fraction of sp³-hybridized carbons (Fsp3) is 0.250. The molecule has 33 heavy (non-hydrogen) atoms. The van der Waals surface area contributed by atoms with Crippen LogP contribution in [0.15, 0.2) is 78.9 Å². The number of ether oxygens (including phenoxy) is 1. The summed E-state index contributed by atoms with van der Waals surface area (Å²) < 4.78 is 5.21. The third-order valence-corrected chi connectivity index (χ3v) is 6.80. The van der Waals surface area contributed by atoms with Crippen LogP contribution in [-0.2, 0) is 0 Å². The third-order valence-electron chi connectivity index (χ3n) is 6.80. The Bertz CT molecular complexity index is 1210. The Morgan fingerprint density at radius 3 is 2.67 bits per heavy atom. The minimum atomic E-state index is 0.00669. The molecular formula is C28H28N2O3. The predicted octanol–water partition coefficient (Wildman–Crippen LogP) is 5.89. The van der Waals surface area contributed by atoms with Gasteiger partial charge in [0.15, 0.2) is 11.5 Å². The zero-order valence-electron chi connectivity index (χ0n) is 18.9. The van der Waals surface area contributed by atoms with Crippen LogP contribution in [-0.4, -0.2) is 24.7 Å². The summed E-state index contributed by atoms with van der Waals surface area (Å²) in [6.45, 7) is 2.60. The molecule has 0 bridgehead atoms. The highest BCUT2D eigenvalue weighted by atomic mass is 16.5. The minimum Gasteiger partial charge on any atom is -0.504 e. The molecule has 0 aromatic heterocycles. The van der Waals surface area contributed by atoms with E-state index in [1.165, 1.54) is 0 Å². The van der Waals surface area contributed by atoms with Crippen molar-refractivity contribution in [3.8, 4) is 11.5 Å². The van der Waals surface area contributed by atoms with Crippen molar-refractivity contribution in [2.24, 2.45) is 5.92 Å². The van der Waals surface area contributed by atoms with Gasteiger partial charge < -0.3 is 20.1 Å². The van der Waals surface area contributed by atoms with Crippen LogP contribution >= 0.6 is 0 Å². The molecule has 3 unspecified atom stereocenters. The van der Waals surface area contributed by atoms with E-state index in [0.29, 0.717) is 23.8 Å². The summed E-state index contributed by atoms with van der Waals surface area (Å²) in [6.07, 6.45) is 5.42. The number of fused-ring (bicyclic) bond motifs is 3. The molecule has 0 saturated heterocycles. The van der Waals surface area contributed by atoms with Crippen molar-refractivity contribution in [3.05, 3.63) is 95.6 Å². The molecule has 1 aliphatic heterocycles. The summed E-state index contributed by atoms with van der Waals surface area (Å²) >= 11 is 0. The van der Waals surface area contributed by atoms with Crippen molar-refractivity contribution in [1.29, 1.82) is 0 Å². The summed E-state index contributed by atoms with van der Waals surface area (Å²) in [5.41, 5.74) is 4.80. The van der Waals surface area contributed by atoms with Crippen LogP contribution < -0.4 is 15.0 Å². The van der Waals surface area contributed by atoms with Crippen molar-refractivity contribution < 1.29 is 14.6 Å². The average molecular weight is 441 g/mol. The number of amides is 1. The number of hydrogen-bond donors (Lipinski definition) is 2. The third kappa shape index (κ3) is 3.74. The van der Waals surface area contributed by atoms with E-state index in [4.69, 9.17) is 4.74 Å². The monoisotopic (exact) mass is 440 g/mol. The quantitative estimate of drug-likeness (QED) is 0.486. The maximum absolute atomic E-state index is 13.4. The van der Waals surface area contributed by atoms with Crippen LogP contribution in [0.3, 0.4) is 0 Å². The highest BCUT2D eigenvalue weighted by molar-refractivity contribution is 6.06. The summed E-state index contributed by atoms with van der Waals surface area (Å²) in [6, 6.07) is 21.4. The molecule has 0 fully saturated rings. The van der Waals surface area contributed by atoms with Gasteiger partial charge in [0.2, 0.25) is 0 Å². The number of phenols is 1. The molecular weight excluding hydrogens is 412 g/mol. The molecule has 1 amide bonds. The lowest BCUT2D eigenvalue weighted by Gasteiger charge is -2.38. The number of rotatable bonds is 5. The van der Waals surface area contributed by atoms with Gasteiger partial charge in [-0.15, -0.1) is 0 Å². The highest BCUT2D eigenvalue weighted by Gasteiger charge is 2.38. The summed E-state index contributed by atoms with van der Waals surface area (Å²) in [7, 11) is 1.55. The van der Waals surface area contributed by atoms with Crippen molar-refractivity contribution in [2.75, 3.05) is 23.9 Å². The summed E-state index contributed by atoms with van der Waals surface area (Å²) in [5, 5.41) is 14.0. The second-order valence-corrected chi connectivity index (χ2v) is 8.59. The van der Waals surface area contributed by atoms with E-state index in [1.807, 2.05) is 72.5 Å². The van der Waals surface area contributed by atoms with Crippen LogP contribution in [0.4, 0.5) is 11.4 Å². The maximum atomic E-state index is 13.4. The molecule has 168 valence electrons. The number of benzene rings is 3. The molecule has 0 radical (unpaired) electrons. The van der Waals surface area contributed by atoms with Crippen LogP contribution in [0, 0.1) is 5.92 Å². The lowest BCUT2D eigenvalue weighted by atomic mass is 9.76. The van der Waals surface area contributed by atoms with Crippen molar-refractivity contribution in [2.45, 2.75) is 25.3 Å². The SMILES string of the molecule is CCN(C(=O)c1ccc2c(c1)C1C=CCC1C(c1ccc(OC)c(O)c1)N2)c1ccccc1. The van der Waals surface area contributed by atoms with Gasteiger partial charge in [-0.2, -0.15) is 0 Å². The first-order valence-electron chi connectivity index (χ1n) is 11.4. The van der Waals surface area contributed by atoms with E-state index >= 15 is 0 Å². The number of para-hydroxylation sites is 1. The molecule has 2 aliphatic rings. The zero-order chi connectivity index (χ0) is 22.9. The molecule has 2 N–H and O–H groups in total. The van der Waals surface area contributed by atoms with Gasteiger partial charge in [-0.3, -0.25) is 4.79 Å². The smallest absolute Gasteiger partial charge is 0.258 e. The molecule has 3 aromatic rings. The predicted molar refractivity (Wildman–Crippen MR) is 131 cm³/mol. The van der Waals surface area contributed by atoms with Crippen molar-refractivity contribution in [3.63, 3.8) is 0 Å². The second kappa shape index (κ2) is 8.66. The van der Waals surface area contributed by atoms with Gasteiger partial charge in [0.1, 0.15) is 0 Å². The zero-order valence-corrected chi connectivity index (χ0v) is 18.9. The average Bonchev–Trinajstić information content (AvgIpc) is 3.34. The van der Waals surface area contributed by atoms with E-state index in [0.717, 1.165) is 28.9 Å². The Morgan fingerprint density at radius 2 is 1.94 bits per heavy atom. The number of carbonyl (C=O) groups is 1. The number of allylic oxidation sites excluding steroid dienone is 2. The Labute approximate surface area is 194 Å². The first kappa shape index (κ1) is 21.1. The van der Waals surface area contributed by atoms with Crippen molar-refractivity contribution in [1.82, 2.24) is 0 Å². The van der Waals surface area contributed by atoms with Gasteiger partial charge in [0.25, 0.3) is 5.91 Å². The van der Waals surface area contributed by atoms with Gasteiger partial charge in [-0.05, 0) is 72.9 Å². The lowest BCUT2D eigenvalue weighted by Crippen LogP contribution is -2.32. The van der Waals surface area contributed by atoms with Crippen LogP contribution in [0.2, 0.25) is 0 Å². The Kier molecular flexibility index (Phi) is 5.55. The Morgan fingerprint density at radius 1 is 1.12 bits per heavy atom. The molecule has 5 nitrogen and oxygen atoms in total. The normalized spacial score (nSPS) is 20.5. The van der Waals surface area contributed by atoms with Crippen LogP contribution in [0.25, 0.3) is 0 Å². The fourth-order valence-corrected chi connectivity index (χ4v) is 5.17. The molecule has 1 heterocycles. The molecule has 3 aromatic carbocycles. The first-order chi connectivity index (χ1) is 16.1. The maximum Gasteiger partial charge on any atom is 0.258 e. The number of hydrogen-bond acceptors (Lipinski definition) is 4. The largest absolute Gasteiger partial charge is 0.504 e. The Balaban J connectivity index is 1.48. The Hall–Kier alpha value is -3.73. The van der Waals surface area contributed by atoms with Gasteiger partial charge in [-0.25, -0.2) is 0 Å². The standard InChI is InChI=1S/C28H28N2O3/c1-3-30(20-8-5-4-6-9-20)28(32)19-12-14-24-23(16-19)21-10-7-11-22(21)27(29-24)18-13-15-26(33-2)25(31)17-18/h4-10,12-17,21-22,27,29,31H,3,11H2,1-2H3. The number of phenolic OH excluding ortho intramolecular Hbond substituents is 1. The van der Waals surface area contributed by atoms with Crippen molar-refractivity contribution >= 4 is 17.3 Å². The number of aromatic hydroxyl groups is 1. The van der Waals surface area contributed by atoms with E-state index in [1.54, 1.807) is 13.2 Å². The van der Waals surface area contributed by atoms with E-state index in [-0.39, 0.29) is 23.6 Å². The fourth-order valence-electron chi connectivity index (χ4n) is 5.17. The van der Waals surface area contributed by atoms with E-state index in [9.17, 15) is 9.90 Å². The van der Waals surface area contributed by atoms with E-state index in [2.05, 4.69) is 17.5 Å². The molecule has 5 heteroatoms. The van der Waals surface area contributed by atoms with Crippen LogP contribution in [0.1, 0.15) is 46.8 Å². The number of methoxy groups -OCH3 is 1. The minimum absolute atomic E-state index is 0.00669. The number of anilines is 2. The molecule has 0 spiro atoms. The van der Waals surface area contributed by atoms with Gasteiger partial charge >= 0.3 is 0 Å². The van der Waals surface area contributed by atoms with Gasteiger partial charge in [-0.1, -0.05) is 36.4 Å². The lowest BCUT2D eigenvalue weighted by molar-refractivity contribution is 0.0988.